The van der Waals surface area contributed by atoms with Gasteiger partial charge in [0.05, 0.1) is 35.8 Å². The van der Waals surface area contributed by atoms with E-state index in [0.29, 0.717) is 44.5 Å². The Morgan fingerprint density at radius 3 is 0.723 bits per heavy atom. The summed E-state index contributed by atoms with van der Waals surface area (Å²) in [6.45, 7) is 16.8. The molecule has 508 valence electrons. The molecule has 0 atom stereocenters. The molecule has 0 aliphatic carbocycles. The van der Waals surface area contributed by atoms with Crippen molar-refractivity contribution in [1.82, 2.24) is 25.8 Å². The van der Waals surface area contributed by atoms with Gasteiger partial charge in [-0.1, -0.05) is 0 Å². The van der Waals surface area contributed by atoms with Crippen LogP contribution in [-0.4, -0.2) is 143 Å². The normalized spacial score (nSPS) is 15.4. The van der Waals surface area contributed by atoms with Gasteiger partial charge in [0.25, 0.3) is 70.9 Å². The number of ether oxygens (including phenoxy) is 1. The van der Waals surface area contributed by atoms with Crippen molar-refractivity contribution >= 4 is 144 Å². The topological polar surface area (TPSA) is 347 Å². The van der Waals surface area contributed by atoms with E-state index in [0.717, 1.165) is 29.4 Å². The van der Waals surface area contributed by atoms with Crippen LogP contribution in [0.15, 0.2) is 72.8 Å². The molecule has 6 heterocycles. The highest BCUT2D eigenvalue weighted by atomic mass is 16.6. The maximum absolute atomic E-state index is 15.2. The third kappa shape index (κ3) is 9.37. The minimum Gasteiger partial charge on any atom is -0.444 e. The third-order valence-electron chi connectivity index (χ3n) is 20.1. The molecule has 0 saturated heterocycles. The van der Waals surface area contributed by atoms with Crippen LogP contribution in [0, 0.1) is 55.4 Å². The van der Waals surface area contributed by atoms with Gasteiger partial charge in [0.2, 0.25) is 11.8 Å². The zero-order valence-corrected chi connectivity index (χ0v) is 56.5. The van der Waals surface area contributed by atoms with Crippen LogP contribution in [0.1, 0.15) is 190 Å². The van der Waals surface area contributed by atoms with Gasteiger partial charge in [0.15, 0.2) is 0 Å². The lowest BCUT2D eigenvalue weighted by Crippen LogP contribution is -2.47. The SMILES string of the molecule is Cc1c(C)c(N2C(=O)c3ccc4c5c(ccc(c35)C2=O)C(=O)N(c2c(C)c(C)c(N3C(=O)c5ccc6c7c(ccc(c57)C3=O)C(=O)N(CCNC(=O)CNC(=O)OC(C)(C)C)C6=O)c(C)c2C)C4=O)c(C)c(C)c1N1C(=O)c2ccc3c4c(ccc(c24)C1=O)C(=O)N(CCNC(=O)CN)C3=O. The first-order valence-corrected chi connectivity index (χ1v) is 32.3. The highest BCUT2D eigenvalue weighted by Gasteiger charge is 2.48. The summed E-state index contributed by atoms with van der Waals surface area (Å²) < 4.78 is 5.15. The highest BCUT2D eigenvalue weighted by Crippen LogP contribution is 2.49. The number of amides is 15. The Labute approximate surface area is 574 Å². The molecule has 26 nitrogen and oxygen atoms in total. The predicted molar refractivity (Wildman–Crippen MR) is 367 cm³/mol. The molecule has 0 unspecified atom stereocenters. The second-order valence-electron chi connectivity index (χ2n) is 26.7. The van der Waals surface area contributed by atoms with E-state index in [2.05, 4.69) is 16.0 Å². The van der Waals surface area contributed by atoms with Crippen molar-refractivity contribution in [2.45, 2.75) is 81.8 Å². The van der Waals surface area contributed by atoms with Crippen molar-refractivity contribution in [1.29, 1.82) is 0 Å². The van der Waals surface area contributed by atoms with Crippen LogP contribution in [-0.2, 0) is 14.3 Å². The Hall–Kier alpha value is -12.5. The summed E-state index contributed by atoms with van der Waals surface area (Å²) in [6.07, 6.45) is -0.808. The molecule has 0 fully saturated rings. The zero-order valence-electron chi connectivity index (χ0n) is 56.5. The minimum absolute atomic E-state index is 0.00358. The van der Waals surface area contributed by atoms with Gasteiger partial charge in [-0.3, -0.25) is 76.9 Å². The van der Waals surface area contributed by atoms with Crippen LogP contribution in [0.4, 0.5) is 27.5 Å². The fraction of sp³-hybridized carbons (Fsp3) is 0.240. The molecule has 6 aliphatic rings. The van der Waals surface area contributed by atoms with Gasteiger partial charge in [0.1, 0.15) is 5.60 Å². The molecular weight excluding hydrogens is 1300 g/mol. The number of hydrogen-bond donors (Lipinski definition) is 4. The van der Waals surface area contributed by atoms with Crippen molar-refractivity contribution in [3.05, 3.63) is 184 Å². The molecule has 14 rings (SSSR count). The predicted octanol–water partition coefficient (Wildman–Crippen LogP) is 7.72. The summed E-state index contributed by atoms with van der Waals surface area (Å²) in [5.41, 5.74) is 8.43. The molecule has 0 radical (unpaired) electrons. The lowest BCUT2D eigenvalue weighted by atomic mass is 9.83. The van der Waals surface area contributed by atoms with Crippen LogP contribution in [0.3, 0.4) is 0 Å². The molecule has 5 N–H and O–H groups in total. The largest absolute Gasteiger partial charge is 0.444 e. The summed E-state index contributed by atoms with van der Waals surface area (Å²) in [5, 5.41) is 8.06. The number of anilines is 4. The number of carbonyl (C=O) groups is 15. The summed E-state index contributed by atoms with van der Waals surface area (Å²) >= 11 is 0. The van der Waals surface area contributed by atoms with Crippen LogP contribution < -0.4 is 41.3 Å². The molecule has 0 spiro atoms. The Bertz CT molecular complexity index is 5220. The summed E-state index contributed by atoms with van der Waals surface area (Å²) in [6, 6.07) is 17.0. The molecule has 15 amide bonds. The fourth-order valence-corrected chi connectivity index (χ4v) is 15.0. The van der Waals surface area contributed by atoms with Crippen LogP contribution in [0.5, 0.6) is 0 Å². The number of alkyl carbamates (subject to hydrolysis) is 1. The molecule has 8 aromatic rings. The molecule has 0 bridgehead atoms. The molecule has 6 aliphatic heterocycles. The first-order chi connectivity index (χ1) is 47.8. The van der Waals surface area contributed by atoms with Gasteiger partial charge in [-0.25, -0.2) is 24.4 Å². The summed E-state index contributed by atoms with van der Waals surface area (Å²) in [5.74, 6) is -10.1. The fourth-order valence-electron chi connectivity index (χ4n) is 15.0. The van der Waals surface area contributed by atoms with E-state index in [1.165, 1.54) is 72.8 Å². The quantitative estimate of drug-likeness (QED) is 0.0802. The van der Waals surface area contributed by atoms with Gasteiger partial charge < -0.3 is 26.4 Å². The number of imide groups is 6. The van der Waals surface area contributed by atoms with Crippen molar-refractivity contribution < 1.29 is 76.7 Å². The molecule has 8 aromatic carbocycles. The molecular formula is C75H62N10O16. The highest BCUT2D eigenvalue weighted by molar-refractivity contribution is 6.45. The van der Waals surface area contributed by atoms with E-state index < -0.39 is 101 Å². The first kappa shape index (κ1) is 65.8. The van der Waals surface area contributed by atoms with Crippen LogP contribution >= 0.6 is 0 Å². The summed E-state index contributed by atoms with van der Waals surface area (Å²) in [7, 11) is 0. The van der Waals surface area contributed by atoms with Crippen molar-refractivity contribution in [2.75, 3.05) is 58.9 Å². The van der Waals surface area contributed by atoms with Gasteiger partial charge in [-0.05, 0) is 193 Å². The lowest BCUT2D eigenvalue weighted by molar-refractivity contribution is -0.120. The maximum Gasteiger partial charge on any atom is 0.408 e. The smallest absolute Gasteiger partial charge is 0.408 e. The maximum atomic E-state index is 15.2. The Kier molecular flexibility index (Phi) is 15.0. The van der Waals surface area contributed by atoms with Crippen molar-refractivity contribution in [2.24, 2.45) is 5.73 Å². The van der Waals surface area contributed by atoms with Gasteiger partial charge in [0, 0.05) is 125 Å². The molecule has 101 heavy (non-hydrogen) atoms. The van der Waals surface area contributed by atoms with E-state index in [-0.39, 0.29) is 155 Å². The number of benzene rings is 8. The van der Waals surface area contributed by atoms with Gasteiger partial charge >= 0.3 is 6.09 Å². The van der Waals surface area contributed by atoms with E-state index in [9.17, 15) is 52.7 Å². The minimum atomic E-state index is -0.808. The number of carbonyl (C=O) groups excluding carboxylic acids is 15. The molecule has 26 heteroatoms. The monoisotopic (exact) mass is 1360 g/mol. The number of rotatable bonds is 13. The first-order valence-electron chi connectivity index (χ1n) is 32.3. The molecule has 0 aromatic heterocycles. The Balaban J connectivity index is 0.734. The van der Waals surface area contributed by atoms with Crippen molar-refractivity contribution in [3.8, 4) is 0 Å². The Morgan fingerprint density at radius 2 is 0.525 bits per heavy atom. The lowest BCUT2D eigenvalue weighted by Gasteiger charge is -2.37. The standard InChI is InChI=1S/C75H62N10O16/c1-30-34(5)60(35(6)31(2)58(30)82-66(92)42-16-12-38-52-39(13-17-43(54(42)52)67(82)93)63(89)80(62(38)88)26-24-77-50(86)28-76)84-70(96)46-20-22-48-57-49(23-21-47(56(46)57)71(84)97)73(99)85(72(48)98)61-36(7)32(3)59(33(4)37(61)8)83-68(94)44-18-14-40-53-41(15-19-45(55(44)53)69(83)95)65(91)81(64(40)90)27-25-78-51(87)29-79-74(100)101-75(9,10)11/h12-23H,24-29,76H2,1-11H3,(H,77,86)(H,78,87)(H,79,100). The van der Waals surface area contributed by atoms with E-state index in [4.69, 9.17) is 10.5 Å². The number of hydrogen-bond acceptors (Lipinski definition) is 17. The molecule has 0 saturated carbocycles. The van der Waals surface area contributed by atoms with Crippen molar-refractivity contribution in [3.63, 3.8) is 0 Å². The average Bonchev–Trinajstić information content (AvgIpc) is 0.711. The van der Waals surface area contributed by atoms with E-state index in [1.54, 1.807) is 76.2 Å². The third-order valence-corrected chi connectivity index (χ3v) is 20.1. The average molecular weight is 1360 g/mol. The summed E-state index contributed by atoms with van der Waals surface area (Å²) in [4.78, 5) is 219. The zero-order chi connectivity index (χ0) is 72.5. The number of nitrogens with one attached hydrogen (secondary N) is 3. The second-order valence-corrected chi connectivity index (χ2v) is 26.7. The Morgan fingerprint density at radius 1 is 0.327 bits per heavy atom. The van der Waals surface area contributed by atoms with Gasteiger partial charge in [-0.2, -0.15) is 0 Å². The van der Waals surface area contributed by atoms with Crippen LogP contribution in [0.25, 0.3) is 32.3 Å². The van der Waals surface area contributed by atoms with Gasteiger partial charge in [-0.15, -0.1) is 0 Å². The second kappa shape index (κ2) is 23.1. The van der Waals surface area contributed by atoms with E-state index in [1.807, 2.05) is 0 Å². The van der Waals surface area contributed by atoms with E-state index >= 15 is 19.2 Å². The number of nitrogens with two attached hydrogens (primary N) is 1. The van der Waals surface area contributed by atoms with Crippen LogP contribution in [0.2, 0.25) is 0 Å². The number of nitrogens with zero attached hydrogens (tertiary/aromatic N) is 6.